The Morgan fingerprint density at radius 1 is 0.912 bits per heavy atom. The van der Waals surface area contributed by atoms with Gasteiger partial charge in [-0.25, -0.2) is 4.98 Å². The molecule has 0 spiro atoms. The highest BCUT2D eigenvalue weighted by Crippen LogP contribution is 2.28. The molecule has 1 heterocycles. The van der Waals surface area contributed by atoms with Gasteiger partial charge in [0.05, 0.1) is 44.8 Å². The molecule has 0 aliphatic rings. The molecule has 0 aliphatic heterocycles. The minimum Gasteiger partial charge on any atom is -0.497 e. The highest BCUT2D eigenvalue weighted by molar-refractivity contribution is 5.80. The van der Waals surface area contributed by atoms with Crippen molar-refractivity contribution < 1.29 is 19.0 Å². The average molecular weight is 460 g/mol. The lowest BCUT2D eigenvalue weighted by Crippen LogP contribution is -2.30. The molecule has 3 aromatic carbocycles. The maximum absolute atomic E-state index is 12.9. The molecule has 34 heavy (non-hydrogen) atoms. The van der Waals surface area contributed by atoms with Gasteiger partial charge in [0, 0.05) is 6.54 Å². The van der Waals surface area contributed by atoms with E-state index in [2.05, 4.69) is 9.88 Å². The number of ether oxygens (including phenoxy) is 3. The number of imidazole rings is 1. The number of hydrogen-bond donors (Lipinski definition) is 1. The zero-order valence-electron chi connectivity index (χ0n) is 19.9. The van der Waals surface area contributed by atoms with Crippen LogP contribution in [0.5, 0.6) is 17.2 Å². The van der Waals surface area contributed by atoms with Gasteiger partial charge in [-0.3, -0.25) is 4.79 Å². The summed E-state index contributed by atoms with van der Waals surface area (Å²) < 4.78 is 18.1. The number of methoxy groups -OCH3 is 3. The Labute approximate surface area is 199 Å². The molecule has 4 aromatic rings. The van der Waals surface area contributed by atoms with Crippen LogP contribution in [-0.4, -0.2) is 36.8 Å². The molecule has 1 amide bonds. The molecule has 4 rings (SSSR count). The lowest BCUT2D eigenvalue weighted by Gasteiger charge is -2.17. The Balaban J connectivity index is 1.55. The van der Waals surface area contributed by atoms with Crippen LogP contribution in [0.4, 0.5) is 0 Å². The van der Waals surface area contributed by atoms with Crippen LogP contribution in [0.3, 0.4) is 0 Å². The van der Waals surface area contributed by atoms with E-state index < -0.39 is 0 Å². The summed E-state index contributed by atoms with van der Waals surface area (Å²) in [6, 6.07) is 21.2. The van der Waals surface area contributed by atoms with Crippen molar-refractivity contribution in [1.29, 1.82) is 0 Å². The number of nitrogens with one attached hydrogen (secondary N) is 1. The van der Waals surface area contributed by atoms with Crippen molar-refractivity contribution in [3.05, 3.63) is 83.7 Å². The number of hydrogen-bond acceptors (Lipinski definition) is 5. The molecule has 1 N–H and O–H groups in total. The zero-order chi connectivity index (χ0) is 24.1. The first-order chi connectivity index (χ1) is 16.5. The van der Waals surface area contributed by atoms with E-state index in [0.29, 0.717) is 18.0 Å². The van der Waals surface area contributed by atoms with E-state index in [4.69, 9.17) is 19.2 Å². The first-order valence-corrected chi connectivity index (χ1v) is 11.1. The van der Waals surface area contributed by atoms with Gasteiger partial charge in [-0.15, -0.1) is 0 Å². The maximum Gasteiger partial charge on any atom is 0.224 e. The fourth-order valence-electron chi connectivity index (χ4n) is 4.04. The van der Waals surface area contributed by atoms with E-state index in [1.807, 2.05) is 67.6 Å². The Kier molecular flexibility index (Phi) is 7.01. The molecule has 1 unspecified atom stereocenters. The third-order valence-corrected chi connectivity index (χ3v) is 5.76. The van der Waals surface area contributed by atoms with Crippen molar-refractivity contribution >= 4 is 16.9 Å². The summed E-state index contributed by atoms with van der Waals surface area (Å²) in [6.45, 7) is 2.59. The molecule has 0 saturated heterocycles. The van der Waals surface area contributed by atoms with Crippen LogP contribution >= 0.6 is 0 Å². The summed E-state index contributed by atoms with van der Waals surface area (Å²) in [5, 5.41) is 3.10. The molecular formula is C27H29N3O4. The number of fused-ring (bicyclic) bond motifs is 1. The van der Waals surface area contributed by atoms with Crippen molar-refractivity contribution in [2.45, 2.75) is 25.9 Å². The highest BCUT2D eigenvalue weighted by Gasteiger charge is 2.19. The first-order valence-electron chi connectivity index (χ1n) is 11.1. The van der Waals surface area contributed by atoms with E-state index in [9.17, 15) is 4.79 Å². The summed E-state index contributed by atoms with van der Waals surface area (Å²) in [5.74, 6) is 2.75. The number of para-hydroxylation sites is 2. The van der Waals surface area contributed by atoms with E-state index in [0.717, 1.165) is 33.7 Å². The summed E-state index contributed by atoms with van der Waals surface area (Å²) in [5.41, 5.74) is 3.88. The summed E-state index contributed by atoms with van der Waals surface area (Å²) in [4.78, 5) is 17.7. The number of carbonyl (C=O) groups is 1. The fourth-order valence-corrected chi connectivity index (χ4v) is 4.04. The van der Waals surface area contributed by atoms with Crippen molar-refractivity contribution in [2.24, 2.45) is 0 Å². The molecule has 0 fully saturated rings. The van der Waals surface area contributed by atoms with Gasteiger partial charge in [-0.2, -0.15) is 0 Å². The van der Waals surface area contributed by atoms with Crippen molar-refractivity contribution in [3.63, 3.8) is 0 Å². The second-order valence-corrected chi connectivity index (χ2v) is 8.05. The first kappa shape index (κ1) is 23.2. The van der Waals surface area contributed by atoms with E-state index in [-0.39, 0.29) is 18.4 Å². The van der Waals surface area contributed by atoms with Crippen LogP contribution in [-0.2, 0) is 17.8 Å². The fraction of sp³-hybridized carbons (Fsp3) is 0.259. The summed E-state index contributed by atoms with van der Waals surface area (Å²) in [7, 11) is 4.82. The van der Waals surface area contributed by atoms with E-state index >= 15 is 0 Å². The van der Waals surface area contributed by atoms with Crippen LogP contribution in [0, 0.1) is 0 Å². The zero-order valence-corrected chi connectivity index (χ0v) is 19.9. The van der Waals surface area contributed by atoms with Crippen LogP contribution in [0.2, 0.25) is 0 Å². The number of carbonyl (C=O) groups excluding carboxylic acids is 1. The SMILES string of the molecule is COc1ccc(Cn2c(C(C)NC(=O)Cc3ccc(OC)c(OC)c3)nc3ccccc32)cc1. The molecule has 0 radical (unpaired) electrons. The van der Waals surface area contributed by atoms with Gasteiger partial charge >= 0.3 is 0 Å². The smallest absolute Gasteiger partial charge is 0.224 e. The number of rotatable bonds is 9. The van der Waals surface area contributed by atoms with Gasteiger partial charge < -0.3 is 24.1 Å². The minimum atomic E-state index is -0.279. The summed E-state index contributed by atoms with van der Waals surface area (Å²) in [6.07, 6.45) is 0.226. The molecule has 1 aromatic heterocycles. The molecule has 7 nitrogen and oxygen atoms in total. The summed E-state index contributed by atoms with van der Waals surface area (Å²) >= 11 is 0. The minimum absolute atomic E-state index is 0.0947. The monoisotopic (exact) mass is 459 g/mol. The van der Waals surface area contributed by atoms with Crippen LogP contribution in [0.1, 0.15) is 29.9 Å². The Bertz CT molecular complexity index is 1280. The van der Waals surface area contributed by atoms with Gasteiger partial charge in [-0.05, 0) is 54.4 Å². The van der Waals surface area contributed by atoms with Crippen molar-refractivity contribution in [1.82, 2.24) is 14.9 Å². The van der Waals surface area contributed by atoms with Crippen LogP contribution < -0.4 is 19.5 Å². The second-order valence-electron chi connectivity index (χ2n) is 8.05. The Morgan fingerprint density at radius 3 is 2.32 bits per heavy atom. The molecule has 0 bridgehead atoms. The van der Waals surface area contributed by atoms with Gasteiger partial charge in [0.25, 0.3) is 0 Å². The van der Waals surface area contributed by atoms with Gasteiger partial charge in [0.2, 0.25) is 5.91 Å². The molecule has 176 valence electrons. The number of aromatic nitrogens is 2. The van der Waals surface area contributed by atoms with E-state index in [1.165, 1.54) is 0 Å². The molecule has 7 heteroatoms. The van der Waals surface area contributed by atoms with Crippen LogP contribution in [0.15, 0.2) is 66.7 Å². The van der Waals surface area contributed by atoms with Crippen molar-refractivity contribution in [3.8, 4) is 17.2 Å². The second kappa shape index (κ2) is 10.3. The molecule has 1 atom stereocenters. The largest absolute Gasteiger partial charge is 0.497 e. The Hall–Kier alpha value is -4.00. The number of benzene rings is 3. The highest BCUT2D eigenvalue weighted by atomic mass is 16.5. The molecular weight excluding hydrogens is 430 g/mol. The lowest BCUT2D eigenvalue weighted by molar-refractivity contribution is -0.121. The van der Waals surface area contributed by atoms with Crippen LogP contribution in [0.25, 0.3) is 11.0 Å². The standard InChI is InChI=1S/C27H29N3O4/c1-18(28-26(31)16-20-11-14-24(33-3)25(15-20)34-4)27-29-22-7-5-6-8-23(22)30(27)17-19-9-12-21(32-2)13-10-19/h5-15,18H,16-17H2,1-4H3,(H,28,31). The number of amides is 1. The molecule has 0 aliphatic carbocycles. The topological polar surface area (TPSA) is 74.6 Å². The predicted octanol–water partition coefficient (Wildman–Crippen LogP) is 4.53. The quantitative estimate of drug-likeness (QED) is 0.398. The third-order valence-electron chi connectivity index (χ3n) is 5.76. The predicted molar refractivity (Wildman–Crippen MR) is 132 cm³/mol. The average Bonchev–Trinajstić information content (AvgIpc) is 3.22. The normalized spacial score (nSPS) is 11.8. The van der Waals surface area contributed by atoms with E-state index in [1.54, 1.807) is 27.4 Å². The van der Waals surface area contributed by atoms with Gasteiger partial charge in [0.15, 0.2) is 11.5 Å². The third kappa shape index (κ3) is 4.98. The van der Waals surface area contributed by atoms with Gasteiger partial charge in [0.1, 0.15) is 11.6 Å². The van der Waals surface area contributed by atoms with Gasteiger partial charge in [-0.1, -0.05) is 30.3 Å². The number of nitrogens with zero attached hydrogens (tertiary/aromatic N) is 2. The van der Waals surface area contributed by atoms with Crippen molar-refractivity contribution in [2.75, 3.05) is 21.3 Å². The Morgan fingerprint density at radius 2 is 1.62 bits per heavy atom. The maximum atomic E-state index is 12.9. The lowest BCUT2D eigenvalue weighted by atomic mass is 10.1. The molecule has 0 saturated carbocycles.